The highest BCUT2D eigenvalue weighted by Gasteiger charge is 2.12. The minimum Gasteiger partial charge on any atom is -0.398 e. The van der Waals surface area contributed by atoms with E-state index in [-0.39, 0.29) is 0 Å². The first-order chi connectivity index (χ1) is 8.95. The van der Waals surface area contributed by atoms with Crippen molar-refractivity contribution in [3.8, 4) is 0 Å². The fourth-order valence-corrected chi connectivity index (χ4v) is 2.55. The Bertz CT molecular complexity index is 575. The first-order valence-corrected chi connectivity index (χ1v) is 6.63. The SMILES string of the molecule is Cc1cc(C)cc(CC(O)c2ccc(Cl)cc2N)c1. The van der Waals surface area contributed by atoms with Gasteiger partial charge in [-0.1, -0.05) is 47.0 Å². The summed E-state index contributed by atoms with van der Waals surface area (Å²) in [5.41, 5.74) is 10.7. The lowest BCUT2D eigenvalue weighted by molar-refractivity contribution is 0.179. The maximum atomic E-state index is 10.3. The number of benzene rings is 2. The van der Waals surface area contributed by atoms with E-state index in [0.29, 0.717) is 17.1 Å². The molecule has 1 atom stereocenters. The molecule has 0 radical (unpaired) electrons. The number of aryl methyl sites for hydroxylation is 2. The van der Waals surface area contributed by atoms with Crippen LogP contribution in [0.15, 0.2) is 36.4 Å². The summed E-state index contributed by atoms with van der Waals surface area (Å²) in [7, 11) is 0. The monoisotopic (exact) mass is 275 g/mol. The Morgan fingerprint density at radius 3 is 2.32 bits per heavy atom. The van der Waals surface area contributed by atoms with E-state index in [1.54, 1.807) is 18.2 Å². The second-order valence-corrected chi connectivity index (χ2v) is 5.43. The van der Waals surface area contributed by atoms with Gasteiger partial charge < -0.3 is 10.8 Å². The Balaban J connectivity index is 2.22. The molecule has 0 fully saturated rings. The van der Waals surface area contributed by atoms with Crippen molar-refractivity contribution in [2.45, 2.75) is 26.4 Å². The fraction of sp³-hybridized carbons (Fsp3) is 0.250. The molecular formula is C16H18ClNO. The number of aliphatic hydroxyl groups is 1. The summed E-state index contributed by atoms with van der Waals surface area (Å²) in [6.45, 7) is 4.11. The van der Waals surface area contributed by atoms with Crippen LogP contribution in [-0.2, 0) is 6.42 Å². The average molecular weight is 276 g/mol. The van der Waals surface area contributed by atoms with Crippen molar-refractivity contribution in [2.75, 3.05) is 5.73 Å². The number of nitrogen functional groups attached to an aromatic ring is 1. The van der Waals surface area contributed by atoms with E-state index < -0.39 is 6.10 Å². The highest BCUT2D eigenvalue weighted by molar-refractivity contribution is 6.30. The van der Waals surface area contributed by atoms with Crippen molar-refractivity contribution in [3.63, 3.8) is 0 Å². The molecule has 1 unspecified atom stereocenters. The second kappa shape index (κ2) is 5.64. The van der Waals surface area contributed by atoms with Gasteiger partial charge in [0.1, 0.15) is 0 Å². The van der Waals surface area contributed by atoms with Crippen molar-refractivity contribution >= 4 is 17.3 Å². The number of halogens is 1. The summed E-state index contributed by atoms with van der Waals surface area (Å²) >= 11 is 5.86. The number of hydrogen-bond donors (Lipinski definition) is 2. The summed E-state index contributed by atoms with van der Waals surface area (Å²) in [4.78, 5) is 0. The Morgan fingerprint density at radius 2 is 1.74 bits per heavy atom. The number of nitrogens with two attached hydrogens (primary N) is 1. The van der Waals surface area contributed by atoms with E-state index in [9.17, 15) is 5.11 Å². The number of hydrogen-bond acceptors (Lipinski definition) is 2. The van der Waals surface area contributed by atoms with Crippen LogP contribution in [0, 0.1) is 13.8 Å². The highest BCUT2D eigenvalue weighted by atomic mass is 35.5. The zero-order valence-corrected chi connectivity index (χ0v) is 11.9. The van der Waals surface area contributed by atoms with Gasteiger partial charge in [0.05, 0.1) is 6.10 Å². The van der Waals surface area contributed by atoms with Gasteiger partial charge in [0.15, 0.2) is 0 Å². The molecule has 2 rings (SSSR count). The van der Waals surface area contributed by atoms with Gasteiger partial charge >= 0.3 is 0 Å². The van der Waals surface area contributed by atoms with E-state index in [1.807, 2.05) is 0 Å². The van der Waals surface area contributed by atoms with Crippen molar-refractivity contribution in [3.05, 3.63) is 63.7 Å². The highest BCUT2D eigenvalue weighted by Crippen LogP contribution is 2.27. The molecule has 0 saturated carbocycles. The van der Waals surface area contributed by atoms with Crippen LogP contribution in [0.1, 0.15) is 28.4 Å². The van der Waals surface area contributed by atoms with Crippen LogP contribution < -0.4 is 5.73 Å². The lowest BCUT2D eigenvalue weighted by Gasteiger charge is -2.14. The maximum Gasteiger partial charge on any atom is 0.0850 e. The molecule has 0 aliphatic carbocycles. The van der Waals surface area contributed by atoms with Crippen molar-refractivity contribution in [1.29, 1.82) is 0 Å². The smallest absolute Gasteiger partial charge is 0.0850 e. The molecule has 3 heteroatoms. The normalized spacial score (nSPS) is 12.4. The van der Waals surface area contributed by atoms with Crippen molar-refractivity contribution in [2.24, 2.45) is 0 Å². The van der Waals surface area contributed by atoms with Crippen LogP contribution in [0.25, 0.3) is 0 Å². The molecule has 0 saturated heterocycles. The van der Waals surface area contributed by atoms with Crippen molar-refractivity contribution < 1.29 is 5.11 Å². The molecule has 2 aromatic rings. The van der Waals surface area contributed by atoms with Crippen LogP contribution >= 0.6 is 11.6 Å². The molecule has 2 aromatic carbocycles. The largest absolute Gasteiger partial charge is 0.398 e. The predicted molar refractivity (Wildman–Crippen MR) is 80.4 cm³/mol. The molecule has 2 nitrogen and oxygen atoms in total. The number of rotatable bonds is 3. The summed E-state index contributed by atoms with van der Waals surface area (Å²) in [5, 5.41) is 10.9. The maximum absolute atomic E-state index is 10.3. The van der Waals surface area contributed by atoms with Gasteiger partial charge in [-0.25, -0.2) is 0 Å². The number of anilines is 1. The van der Waals surface area contributed by atoms with Crippen LogP contribution in [0.3, 0.4) is 0 Å². The molecule has 3 N–H and O–H groups in total. The summed E-state index contributed by atoms with van der Waals surface area (Å²) in [5.74, 6) is 0. The molecule has 100 valence electrons. The average Bonchev–Trinajstić information content (AvgIpc) is 2.26. The molecule has 0 aromatic heterocycles. The van der Waals surface area contributed by atoms with Gasteiger partial charge in [-0.3, -0.25) is 0 Å². The van der Waals surface area contributed by atoms with E-state index in [2.05, 4.69) is 32.0 Å². The van der Waals surface area contributed by atoms with Crippen LogP contribution in [0.2, 0.25) is 5.02 Å². The Labute approximate surface area is 118 Å². The predicted octanol–water partition coefficient (Wildman–Crippen LogP) is 3.82. The third kappa shape index (κ3) is 3.49. The molecule has 19 heavy (non-hydrogen) atoms. The Hall–Kier alpha value is -1.51. The molecule has 0 bridgehead atoms. The first kappa shape index (κ1) is 13.9. The summed E-state index contributed by atoms with van der Waals surface area (Å²) in [6.07, 6.45) is -0.0626. The van der Waals surface area contributed by atoms with Gasteiger partial charge in [-0.05, 0) is 31.5 Å². The molecule has 0 amide bonds. The second-order valence-electron chi connectivity index (χ2n) is 4.99. The van der Waals surface area contributed by atoms with E-state index >= 15 is 0 Å². The lowest BCUT2D eigenvalue weighted by Crippen LogP contribution is -2.05. The van der Waals surface area contributed by atoms with Crippen molar-refractivity contribution in [1.82, 2.24) is 0 Å². The molecule has 0 heterocycles. The first-order valence-electron chi connectivity index (χ1n) is 6.26. The molecule has 0 aliphatic rings. The minimum absolute atomic E-state index is 0.532. The van der Waals surface area contributed by atoms with Crippen LogP contribution in [0.4, 0.5) is 5.69 Å². The van der Waals surface area contributed by atoms with Gasteiger partial charge in [-0.15, -0.1) is 0 Å². The van der Waals surface area contributed by atoms with Crippen LogP contribution in [0.5, 0.6) is 0 Å². The summed E-state index contributed by atoms with van der Waals surface area (Å²) < 4.78 is 0. The fourth-order valence-electron chi connectivity index (χ4n) is 2.37. The molecule has 0 spiro atoms. The topological polar surface area (TPSA) is 46.2 Å². The van der Waals surface area contributed by atoms with Gasteiger partial charge in [0.2, 0.25) is 0 Å². The van der Waals surface area contributed by atoms with Crippen LogP contribution in [-0.4, -0.2) is 5.11 Å². The third-order valence-corrected chi connectivity index (χ3v) is 3.35. The quantitative estimate of drug-likeness (QED) is 0.837. The minimum atomic E-state index is -0.613. The lowest BCUT2D eigenvalue weighted by atomic mass is 9.97. The summed E-state index contributed by atoms with van der Waals surface area (Å²) in [6, 6.07) is 11.5. The van der Waals surface area contributed by atoms with Gasteiger partial charge in [-0.2, -0.15) is 0 Å². The van der Waals surface area contributed by atoms with E-state index in [4.69, 9.17) is 17.3 Å². The third-order valence-electron chi connectivity index (χ3n) is 3.12. The zero-order valence-electron chi connectivity index (χ0n) is 11.2. The Morgan fingerprint density at radius 1 is 1.11 bits per heavy atom. The number of aliphatic hydroxyl groups excluding tert-OH is 1. The standard InChI is InChI=1S/C16H18ClNO/c1-10-5-11(2)7-12(6-10)8-16(19)14-4-3-13(17)9-15(14)18/h3-7,9,16,19H,8,18H2,1-2H3. The molecular weight excluding hydrogens is 258 g/mol. The van der Waals surface area contributed by atoms with Gasteiger partial charge in [0.25, 0.3) is 0 Å². The Kier molecular flexibility index (Phi) is 4.13. The zero-order chi connectivity index (χ0) is 14.0. The van der Waals surface area contributed by atoms with E-state index in [0.717, 1.165) is 11.1 Å². The van der Waals surface area contributed by atoms with Gasteiger partial charge in [0, 0.05) is 22.7 Å². The van der Waals surface area contributed by atoms with E-state index in [1.165, 1.54) is 11.1 Å². The molecule has 0 aliphatic heterocycles.